The second-order valence-electron chi connectivity index (χ2n) is 3.52. The highest BCUT2D eigenvalue weighted by molar-refractivity contribution is 9.10. The van der Waals surface area contributed by atoms with Crippen molar-refractivity contribution in [2.45, 2.75) is 11.3 Å². The molecule has 0 spiro atoms. The molecule has 114 valence electrons. The van der Waals surface area contributed by atoms with Crippen LogP contribution in [0.3, 0.4) is 0 Å². The summed E-state index contributed by atoms with van der Waals surface area (Å²) >= 11 is 2.82. The Bertz CT molecular complexity index is 575. The number of ether oxygens (including phenoxy) is 1. The van der Waals surface area contributed by atoms with E-state index < -0.39 is 29.0 Å². The smallest absolute Gasteiger partial charge is 0.287 e. The lowest BCUT2D eigenvalue weighted by molar-refractivity contribution is 0.0187. The van der Waals surface area contributed by atoms with Crippen molar-refractivity contribution >= 4 is 31.9 Å². The topological polar surface area (TPSA) is 112 Å². The van der Waals surface area contributed by atoms with E-state index in [4.69, 9.17) is 9.56 Å². The van der Waals surface area contributed by atoms with Crippen LogP contribution in [0.4, 0.5) is 8.78 Å². The van der Waals surface area contributed by atoms with Gasteiger partial charge in [-0.25, -0.2) is 22.3 Å². The molecule has 1 aromatic rings. The molecule has 1 aromatic heterocycles. The maximum atomic E-state index is 11.7. The number of hydrogen-bond donors (Lipinski definition) is 2. The minimum atomic E-state index is -4.01. The van der Waals surface area contributed by atoms with Gasteiger partial charge in [-0.3, -0.25) is 4.79 Å². The standard InChI is InChI=1S/C9H11BrF2N2O5S/c10-8-6(20(13,16)17)3-5(19-8)9(15)14-1-2-18-4-7(11)12/h3,7H,1-2,4H2,(H,14,15)(H2,13,16,17). The summed E-state index contributed by atoms with van der Waals surface area (Å²) in [7, 11) is -4.01. The molecule has 11 heteroatoms. The van der Waals surface area contributed by atoms with Crippen LogP contribution in [0.1, 0.15) is 10.6 Å². The van der Waals surface area contributed by atoms with Gasteiger partial charge in [0.05, 0.1) is 6.61 Å². The molecular formula is C9H11BrF2N2O5S. The van der Waals surface area contributed by atoms with Crippen molar-refractivity contribution in [1.29, 1.82) is 0 Å². The van der Waals surface area contributed by atoms with E-state index in [1.807, 2.05) is 0 Å². The maximum absolute atomic E-state index is 11.7. The lowest BCUT2D eigenvalue weighted by Crippen LogP contribution is -2.27. The Hall–Kier alpha value is -1.04. The molecule has 0 aliphatic rings. The first-order valence-corrected chi connectivity index (χ1v) is 7.52. The van der Waals surface area contributed by atoms with Gasteiger partial charge < -0.3 is 14.5 Å². The van der Waals surface area contributed by atoms with E-state index in [9.17, 15) is 22.0 Å². The number of halogens is 3. The number of nitrogens with two attached hydrogens (primary N) is 1. The lowest BCUT2D eigenvalue weighted by Gasteiger charge is -2.04. The van der Waals surface area contributed by atoms with Gasteiger partial charge in [0.25, 0.3) is 12.3 Å². The number of furan rings is 1. The molecule has 1 heterocycles. The van der Waals surface area contributed by atoms with Gasteiger partial charge >= 0.3 is 0 Å². The molecule has 0 saturated carbocycles. The molecule has 0 aromatic carbocycles. The summed E-state index contributed by atoms with van der Waals surface area (Å²) in [5.41, 5.74) is 0. The van der Waals surface area contributed by atoms with Crippen molar-refractivity contribution in [2.24, 2.45) is 5.14 Å². The summed E-state index contributed by atoms with van der Waals surface area (Å²) in [4.78, 5) is 11.2. The molecule has 0 saturated heterocycles. The molecule has 0 aliphatic carbocycles. The predicted octanol–water partition coefficient (Wildman–Crippen LogP) is 0.701. The summed E-state index contributed by atoms with van der Waals surface area (Å²) in [6, 6.07) is 0.953. The van der Waals surface area contributed by atoms with Crippen LogP contribution in [-0.2, 0) is 14.8 Å². The summed E-state index contributed by atoms with van der Waals surface area (Å²) in [5.74, 6) is -1.00. The first kappa shape index (κ1) is 17.0. The van der Waals surface area contributed by atoms with Crippen LogP contribution in [0.25, 0.3) is 0 Å². The molecule has 1 rings (SSSR count). The van der Waals surface area contributed by atoms with E-state index in [1.54, 1.807) is 0 Å². The van der Waals surface area contributed by atoms with Gasteiger partial charge in [0, 0.05) is 12.6 Å². The zero-order valence-electron chi connectivity index (χ0n) is 9.94. The number of hydrogen-bond acceptors (Lipinski definition) is 5. The second kappa shape index (κ2) is 7.11. The van der Waals surface area contributed by atoms with Gasteiger partial charge in [-0.05, 0) is 15.9 Å². The highest BCUT2D eigenvalue weighted by Crippen LogP contribution is 2.24. The van der Waals surface area contributed by atoms with E-state index in [0.717, 1.165) is 6.07 Å². The van der Waals surface area contributed by atoms with Gasteiger partial charge in [-0.1, -0.05) is 0 Å². The van der Waals surface area contributed by atoms with Gasteiger partial charge in [-0.15, -0.1) is 0 Å². The van der Waals surface area contributed by atoms with Crippen molar-refractivity contribution in [3.8, 4) is 0 Å². The van der Waals surface area contributed by atoms with E-state index >= 15 is 0 Å². The van der Waals surface area contributed by atoms with Crippen molar-refractivity contribution < 1.29 is 31.1 Å². The van der Waals surface area contributed by atoms with Crippen molar-refractivity contribution in [2.75, 3.05) is 19.8 Å². The molecule has 20 heavy (non-hydrogen) atoms. The Morgan fingerprint density at radius 1 is 1.55 bits per heavy atom. The summed E-state index contributed by atoms with van der Waals surface area (Å²) in [6.45, 7) is -0.869. The van der Waals surface area contributed by atoms with Crippen LogP contribution < -0.4 is 10.5 Å². The number of carbonyl (C=O) groups excluding carboxylic acids is 1. The average Bonchev–Trinajstić information content (AvgIpc) is 2.70. The van der Waals surface area contributed by atoms with Crippen LogP contribution >= 0.6 is 15.9 Å². The first-order valence-electron chi connectivity index (χ1n) is 5.18. The minimum Gasteiger partial charge on any atom is -0.443 e. The number of rotatable bonds is 7. The normalized spacial score (nSPS) is 11.8. The average molecular weight is 377 g/mol. The predicted molar refractivity (Wildman–Crippen MR) is 66.9 cm³/mol. The number of carbonyl (C=O) groups is 1. The van der Waals surface area contributed by atoms with Crippen molar-refractivity contribution in [1.82, 2.24) is 5.32 Å². The number of amides is 1. The third-order valence-corrected chi connectivity index (χ3v) is 3.73. The fraction of sp³-hybridized carbons (Fsp3) is 0.444. The number of nitrogens with one attached hydrogen (secondary N) is 1. The van der Waals surface area contributed by atoms with Crippen LogP contribution in [0.5, 0.6) is 0 Å². The third-order valence-electron chi connectivity index (χ3n) is 1.96. The molecule has 0 atom stereocenters. The van der Waals surface area contributed by atoms with E-state index in [2.05, 4.69) is 26.0 Å². The van der Waals surface area contributed by atoms with Crippen molar-refractivity contribution in [3.05, 3.63) is 16.5 Å². The van der Waals surface area contributed by atoms with Gasteiger partial charge in [-0.2, -0.15) is 0 Å². The summed E-state index contributed by atoms with van der Waals surface area (Å²) in [5, 5.41) is 7.20. The molecule has 0 aliphatic heterocycles. The fourth-order valence-corrected chi connectivity index (χ4v) is 2.66. The third kappa shape index (κ3) is 5.15. The molecular weight excluding hydrogens is 366 g/mol. The Labute approximate surface area is 121 Å². The van der Waals surface area contributed by atoms with Crippen molar-refractivity contribution in [3.63, 3.8) is 0 Å². The van der Waals surface area contributed by atoms with Gasteiger partial charge in [0.15, 0.2) is 10.4 Å². The van der Waals surface area contributed by atoms with Crippen LogP contribution in [0.2, 0.25) is 0 Å². The van der Waals surface area contributed by atoms with E-state index in [-0.39, 0.29) is 28.5 Å². The number of alkyl halides is 2. The molecule has 0 unspecified atom stereocenters. The highest BCUT2D eigenvalue weighted by atomic mass is 79.9. The first-order chi connectivity index (χ1) is 9.21. The zero-order chi connectivity index (χ0) is 15.3. The molecule has 7 nitrogen and oxygen atoms in total. The quantitative estimate of drug-likeness (QED) is 0.680. The molecule has 0 fully saturated rings. The summed E-state index contributed by atoms with van der Waals surface area (Å²) in [6.07, 6.45) is -2.58. The molecule has 0 bridgehead atoms. The zero-order valence-corrected chi connectivity index (χ0v) is 12.3. The number of sulfonamides is 1. The Kier molecular flexibility index (Phi) is 6.05. The highest BCUT2D eigenvalue weighted by Gasteiger charge is 2.21. The van der Waals surface area contributed by atoms with E-state index in [0.29, 0.717) is 0 Å². The molecule has 0 radical (unpaired) electrons. The fourth-order valence-electron chi connectivity index (χ4n) is 1.15. The van der Waals surface area contributed by atoms with Crippen LogP contribution in [-0.4, -0.2) is 40.5 Å². The van der Waals surface area contributed by atoms with E-state index in [1.165, 1.54) is 0 Å². The second-order valence-corrected chi connectivity index (χ2v) is 5.77. The minimum absolute atomic E-state index is 0.0332. The Morgan fingerprint density at radius 3 is 2.70 bits per heavy atom. The van der Waals surface area contributed by atoms with Crippen LogP contribution in [0.15, 0.2) is 20.0 Å². The molecule has 1 amide bonds. The molecule has 3 N–H and O–H groups in total. The Balaban J connectivity index is 2.53. The monoisotopic (exact) mass is 376 g/mol. The summed E-state index contributed by atoms with van der Waals surface area (Å²) < 4.78 is 55.0. The van der Waals surface area contributed by atoms with Crippen LogP contribution in [0, 0.1) is 0 Å². The SMILES string of the molecule is NS(=O)(=O)c1cc(C(=O)NCCOCC(F)F)oc1Br. The maximum Gasteiger partial charge on any atom is 0.287 e. The van der Waals surface area contributed by atoms with Gasteiger partial charge in [0.2, 0.25) is 10.0 Å². The lowest BCUT2D eigenvalue weighted by atomic mass is 10.4. The van der Waals surface area contributed by atoms with Gasteiger partial charge in [0.1, 0.15) is 11.5 Å². The largest absolute Gasteiger partial charge is 0.443 e. The number of primary sulfonamides is 1. The Morgan fingerprint density at radius 2 is 2.20 bits per heavy atom.